The van der Waals surface area contributed by atoms with E-state index < -0.39 is 5.60 Å². The maximum absolute atomic E-state index is 13.4. The first-order valence-electron chi connectivity index (χ1n) is 11.6. The fourth-order valence-electron chi connectivity index (χ4n) is 4.73. The number of piperidine rings is 1. The number of fused-ring (bicyclic) bond motifs is 1. The van der Waals surface area contributed by atoms with Crippen LogP contribution in [0.25, 0.3) is 0 Å². The van der Waals surface area contributed by atoms with Crippen LogP contribution in [0, 0.1) is 6.92 Å². The number of likely N-dealkylation sites (N-methyl/N-ethyl adjacent to an activating group) is 1. The smallest absolute Gasteiger partial charge is 0.266 e. The molecule has 2 aromatic rings. The summed E-state index contributed by atoms with van der Waals surface area (Å²) in [5.41, 5.74) is 2.51. The second kappa shape index (κ2) is 9.06. The van der Waals surface area contributed by atoms with E-state index in [2.05, 4.69) is 17.3 Å². The number of aryl methyl sites for hydroxylation is 1. The van der Waals surface area contributed by atoms with Gasteiger partial charge in [-0.05, 0) is 58.4 Å². The Labute approximate surface area is 191 Å². The summed E-state index contributed by atoms with van der Waals surface area (Å²) in [4.78, 5) is 27.5. The number of hydrogen-bond donors (Lipinski definition) is 1. The van der Waals surface area contributed by atoms with Gasteiger partial charge in [0, 0.05) is 51.1 Å². The van der Waals surface area contributed by atoms with Crippen molar-refractivity contribution in [2.45, 2.75) is 58.1 Å². The van der Waals surface area contributed by atoms with Gasteiger partial charge in [-0.25, -0.2) is 9.97 Å². The fraction of sp³-hybridized carbons (Fsp3) is 0.560. The normalized spacial score (nSPS) is 19.4. The minimum absolute atomic E-state index is 0.0112. The van der Waals surface area contributed by atoms with Gasteiger partial charge in [0.05, 0.1) is 5.69 Å². The third-order valence-electron chi connectivity index (χ3n) is 6.46. The Kier molecular flexibility index (Phi) is 6.38. The Balaban J connectivity index is 1.51. The molecule has 0 saturated carbocycles. The highest BCUT2D eigenvalue weighted by Crippen LogP contribution is 2.31. The highest BCUT2D eigenvalue weighted by Gasteiger charge is 2.37. The van der Waals surface area contributed by atoms with Crippen molar-refractivity contribution in [3.63, 3.8) is 0 Å². The zero-order chi connectivity index (χ0) is 22.9. The number of likely N-dealkylation sites (tertiary alicyclic amines) is 1. The summed E-state index contributed by atoms with van der Waals surface area (Å²) in [7, 11) is 4.05. The van der Waals surface area contributed by atoms with Gasteiger partial charge in [0.25, 0.3) is 5.91 Å². The summed E-state index contributed by atoms with van der Waals surface area (Å²) in [5.74, 6) is 2.64. The Morgan fingerprint density at radius 1 is 1.25 bits per heavy atom. The first kappa shape index (κ1) is 22.5. The standard InChI is InChI=1S/C25H35N5O2/c1-17-8-6-10-19(14-17)32-25(2,3)24(31)30-12-7-9-18(15-30)22-27-21-11-13-29(5)16-20(21)23(26-4)28-22/h6,8,10,14,18H,7,9,11-13,15-16H2,1-5H3,(H,26,27,28). The third kappa shape index (κ3) is 4.72. The number of anilines is 1. The van der Waals surface area contributed by atoms with Gasteiger partial charge in [-0.3, -0.25) is 4.79 Å². The number of rotatable bonds is 5. The molecule has 4 rings (SSSR count). The molecule has 0 bridgehead atoms. The number of carbonyl (C=O) groups is 1. The lowest BCUT2D eigenvalue weighted by Crippen LogP contribution is -2.51. The van der Waals surface area contributed by atoms with Crippen molar-refractivity contribution in [2.24, 2.45) is 0 Å². The molecule has 1 atom stereocenters. The highest BCUT2D eigenvalue weighted by molar-refractivity contribution is 5.85. The topological polar surface area (TPSA) is 70.6 Å². The van der Waals surface area contributed by atoms with Gasteiger partial charge in [0.2, 0.25) is 0 Å². The van der Waals surface area contributed by atoms with E-state index in [0.717, 1.165) is 67.5 Å². The maximum atomic E-state index is 13.4. The number of amides is 1. The Bertz CT molecular complexity index is 973. The second-order valence-corrected chi connectivity index (χ2v) is 9.61. The first-order valence-corrected chi connectivity index (χ1v) is 11.6. The van der Waals surface area contributed by atoms with Crippen molar-refractivity contribution in [3.8, 4) is 5.75 Å². The molecule has 3 heterocycles. The fourth-order valence-corrected chi connectivity index (χ4v) is 4.73. The summed E-state index contributed by atoms with van der Waals surface area (Å²) < 4.78 is 6.12. The van der Waals surface area contributed by atoms with Crippen molar-refractivity contribution in [3.05, 3.63) is 46.9 Å². The maximum Gasteiger partial charge on any atom is 0.266 e. The number of nitrogens with zero attached hydrogens (tertiary/aromatic N) is 4. The summed E-state index contributed by atoms with van der Waals surface area (Å²) in [6.07, 6.45) is 2.86. The summed E-state index contributed by atoms with van der Waals surface area (Å²) in [6, 6.07) is 7.84. The van der Waals surface area contributed by atoms with E-state index in [0.29, 0.717) is 6.54 Å². The van der Waals surface area contributed by atoms with Gasteiger partial charge in [-0.15, -0.1) is 0 Å². The molecule has 1 saturated heterocycles. The zero-order valence-corrected chi connectivity index (χ0v) is 19.9. The Morgan fingerprint density at radius 2 is 2.06 bits per heavy atom. The zero-order valence-electron chi connectivity index (χ0n) is 19.9. The quantitative estimate of drug-likeness (QED) is 0.773. The molecule has 1 aromatic carbocycles. The lowest BCUT2D eigenvalue weighted by molar-refractivity contribution is -0.146. The third-order valence-corrected chi connectivity index (χ3v) is 6.46. The SMILES string of the molecule is CNc1nc(C2CCCN(C(=O)C(C)(C)Oc3cccc(C)c3)C2)nc2c1CN(C)CC2. The molecule has 1 N–H and O–H groups in total. The molecule has 1 unspecified atom stereocenters. The van der Waals surface area contributed by atoms with Gasteiger partial charge in [-0.1, -0.05) is 12.1 Å². The minimum Gasteiger partial charge on any atom is -0.478 e. The lowest BCUT2D eigenvalue weighted by Gasteiger charge is -2.37. The number of aromatic nitrogens is 2. The van der Waals surface area contributed by atoms with E-state index in [4.69, 9.17) is 14.7 Å². The number of nitrogens with one attached hydrogen (secondary N) is 1. The summed E-state index contributed by atoms with van der Waals surface area (Å²) >= 11 is 0. The molecule has 32 heavy (non-hydrogen) atoms. The van der Waals surface area contributed by atoms with Crippen LogP contribution in [0.3, 0.4) is 0 Å². The van der Waals surface area contributed by atoms with Crippen molar-refractivity contribution < 1.29 is 9.53 Å². The Morgan fingerprint density at radius 3 is 2.81 bits per heavy atom. The molecule has 2 aliphatic rings. The van der Waals surface area contributed by atoms with Crippen LogP contribution in [0.5, 0.6) is 5.75 Å². The van der Waals surface area contributed by atoms with Gasteiger partial charge in [0.15, 0.2) is 5.60 Å². The molecule has 172 valence electrons. The van der Waals surface area contributed by atoms with E-state index in [1.54, 1.807) is 0 Å². The average Bonchev–Trinajstić information content (AvgIpc) is 2.77. The summed E-state index contributed by atoms with van der Waals surface area (Å²) in [6.45, 7) is 8.97. The Hall–Kier alpha value is -2.67. The molecule has 1 fully saturated rings. The van der Waals surface area contributed by atoms with Crippen LogP contribution < -0.4 is 10.1 Å². The molecule has 1 aromatic heterocycles. The van der Waals surface area contributed by atoms with Crippen LogP contribution in [-0.2, 0) is 17.8 Å². The van der Waals surface area contributed by atoms with E-state index in [1.165, 1.54) is 5.56 Å². The van der Waals surface area contributed by atoms with Gasteiger partial charge in [0.1, 0.15) is 17.4 Å². The predicted octanol–water partition coefficient (Wildman–Crippen LogP) is 3.38. The van der Waals surface area contributed by atoms with Crippen LogP contribution >= 0.6 is 0 Å². The number of hydrogen-bond acceptors (Lipinski definition) is 6. The summed E-state index contributed by atoms with van der Waals surface area (Å²) in [5, 5.41) is 3.27. The van der Waals surface area contributed by atoms with Crippen LogP contribution in [0.15, 0.2) is 24.3 Å². The molecule has 0 radical (unpaired) electrons. The molecular weight excluding hydrogens is 402 g/mol. The molecule has 2 aliphatic heterocycles. The van der Waals surface area contributed by atoms with E-state index in [9.17, 15) is 4.79 Å². The van der Waals surface area contributed by atoms with Crippen LogP contribution in [-0.4, -0.2) is 65.0 Å². The van der Waals surface area contributed by atoms with Crippen molar-refractivity contribution >= 4 is 11.7 Å². The van der Waals surface area contributed by atoms with E-state index in [1.807, 2.05) is 57.0 Å². The predicted molar refractivity (Wildman–Crippen MR) is 126 cm³/mol. The van der Waals surface area contributed by atoms with Crippen LogP contribution in [0.4, 0.5) is 5.82 Å². The van der Waals surface area contributed by atoms with Gasteiger partial charge < -0.3 is 19.9 Å². The lowest BCUT2D eigenvalue weighted by atomic mass is 9.94. The number of benzene rings is 1. The second-order valence-electron chi connectivity index (χ2n) is 9.61. The minimum atomic E-state index is -0.937. The molecule has 7 nitrogen and oxygen atoms in total. The highest BCUT2D eigenvalue weighted by atomic mass is 16.5. The van der Waals surface area contributed by atoms with Crippen LogP contribution in [0.1, 0.15) is 55.3 Å². The van der Waals surface area contributed by atoms with Gasteiger partial charge in [-0.2, -0.15) is 0 Å². The molecule has 7 heteroatoms. The number of ether oxygens (including phenoxy) is 1. The average molecular weight is 438 g/mol. The molecule has 1 amide bonds. The van der Waals surface area contributed by atoms with Crippen molar-refractivity contribution in [2.75, 3.05) is 39.0 Å². The van der Waals surface area contributed by atoms with Crippen molar-refractivity contribution in [1.82, 2.24) is 19.8 Å². The molecular formula is C25H35N5O2. The largest absolute Gasteiger partial charge is 0.478 e. The number of carbonyl (C=O) groups excluding carboxylic acids is 1. The first-order chi connectivity index (χ1) is 15.3. The van der Waals surface area contributed by atoms with E-state index in [-0.39, 0.29) is 11.8 Å². The van der Waals surface area contributed by atoms with Crippen LogP contribution in [0.2, 0.25) is 0 Å². The molecule has 0 spiro atoms. The molecule has 0 aliphatic carbocycles. The monoisotopic (exact) mass is 437 g/mol. The van der Waals surface area contributed by atoms with E-state index >= 15 is 0 Å². The van der Waals surface area contributed by atoms with Crippen molar-refractivity contribution in [1.29, 1.82) is 0 Å². The van der Waals surface area contributed by atoms with Gasteiger partial charge >= 0.3 is 0 Å².